The first-order valence-electron chi connectivity index (χ1n) is 5.02. The van der Waals surface area contributed by atoms with Crippen molar-refractivity contribution >= 4 is 11.8 Å². The summed E-state index contributed by atoms with van der Waals surface area (Å²) in [7, 11) is 0. The van der Waals surface area contributed by atoms with Crippen molar-refractivity contribution in [3.63, 3.8) is 0 Å². The third kappa shape index (κ3) is 4.46. The Morgan fingerprint density at radius 3 is 2.12 bits per heavy atom. The van der Waals surface area contributed by atoms with Crippen molar-refractivity contribution in [1.82, 2.24) is 0 Å². The standard InChI is InChI=1S/C10H14F3NO3/c1-3-5-6(15)7(9(16)17-4-2)8(14)10(11,12)13/h3-5,14H2,1-2H3. The smallest absolute Gasteiger partial charge is 0.431 e. The summed E-state index contributed by atoms with van der Waals surface area (Å²) < 4.78 is 41.5. The van der Waals surface area contributed by atoms with E-state index in [1.54, 1.807) is 6.92 Å². The van der Waals surface area contributed by atoms with E-state index in [1.165, 1.54) is 6.92 Å². The van der Waals surface area contributed by atoms with Crippen LogP contribution in [0, 0.1) is 0 Å². The molecule has 0 aromatic carbocycles. The van der Waals surface area contributed by atoms with Crippen molar-refractivity contribution in [3.8, 4) is 0 Å². The second kappa shape index (κ2) is 6.27. The first-order valence-corrected chi connectivity index (χ1v) is 5.02. The molecule has 0 unspecified atom stereocenters. The summed E-state index contributed by atoms with van der Waals surface area (Å²) in [5, 5.41) is 0. The summed E-state index contributed by atoms with van der Waals surface area (Å²) in [5.74, 6) is -2.29. The number of carbonyl (C=O) groups is 2. The second-order valence-electron chi connectivity index (χ2n) is 3.18. The van der Waals surface area contributed by atoms with Crippen molar-refractivity contribution < 1.29 is 27.5 Å². The Hall–Kier alpha value is -1.53. The predicted octanol–water partition coefficient (Wildman–Crippen LogP) is 1.69. The van der Waals surface area contributed by atoms with Gasteiger partial charge in [-0.15, -0.1) is 0 Å². The van der Waals surface area contributed by atoms with Crippen molar-refractivity contribution in [2.24, 2.45) is 5.73 Å². The number of hydrogen-bond donors (Lipinski definition) is 1. The fourth-order valence-corrected chi connectivity index (χ4v) is 1.07. The number of nitrogens with two attached hydrogens (primary N) is 1. The molecule has 0 aromatic heterocycles. The van der Waals surface area contributed by atoms with E-state index in [2.05, 4.69) is 4.74 Å². The van der Waals surface area contributed by atoms with Gasteiger partial charge in [0.25, 0.3) is 0 Å². The zero-order valence-corrected chi connectivity index (χ0v) is 9.56. The molecule has 4 nitrogen and oxygen atoms in total. The molecular weight excluding hydrogens is 239 g/mol. The molecule has 0 amide bonds. The van der Waals surface area contributed by atoms with Gasteiger partial charge in [-0.2, -0.15) is 13.2 Å². The van der Waals surface area contributed by atoms with Gasteiger partial charge in [0.1, 0.15) is 11.3 Å². The summed E-state index contributed by atoms with van der Waals surface area (Å²) in [5.41, 5.74) is 1.98. The Morgan fingerprint density at radius 2 is 1.76 bits per heavy atom. The molecule has 98 valence electrons. The largest absolute Gasteiger partial charge is 0.462 e. The average Bonchev–Trinajstić information content (AvgIpc) is 2.17. The number of rotatable bonds is 5. The summed E-state index contributed by atoms with van der Waals surface area (Å²) in [6.45, 7) is 2.89. The van der Waals surface area contributed by atoms with Gasteiger partial charge in [-0.05, 0) is 13.3 Å². The minimum absolute atomic E-state index is 0.132. The Balaban J connectivity index is 5.39. The van der Waals surface area contributed by atoms with E-state index in [9.17, 15) is 22.8 Å². The zero-order valence-electron chi connectivity index (χ0n) is 9.56. The Kier molecular flexibility index (Phi) is 5.70. The van der Waals surface area contributed by atoms with Crippen molar-refractivity contribution in [1.29, 1.82) is 0 Å². The molecule has 0 rings (SSSR count). The maximum atomic E-state index is 12.4. The van der Waals surface area contributed by atoms with Crippen molar-refractivity contribution in [3.05, 3.63) is 11.3 Å². The van der Waals surface area contributed by atoms with Crippen LogP contribution in [0.25, 0.3) is 0 Å². The average molecular weight is 253 g/mol. The molecule has 2 N–H and O–H groups in total. The number of alkyl halides is 3. The molecule has 0 atom stereocenters. The molecule has 0 spiro atoms. The summed E-state index contributed by atoms with van der Waals surface area (Å²) in [6.07, 6.45) is -4.80. The van der Waals surface area contributed by atoms with Crippen LogP contribution in [0.5, 0.6) is 0 Å². The van der Waals surface area contributed by atoms with Gasteiger partial charge in [0.15, 0.2) is 5.78 Å². The Labute approximate surface area is 96.6 Å². The van der Waals surface area contributed by atoms with E-state index in [1.807, 2.05) is 0 Å². The first kappa shape index (κ1) is 15.5. The van der Waals surface area contributed by atoms with Crippen LogP contribution in [0.15, 0.2) is 11.3 Å². The number of ketones is 1. The van der Waals surface area contributed by atoms with Gasteiger partial charge < -0.3 is 10.5 Å². The van der Waals surface area contributed by atoms with Gasteiger partial charge in [0.05, 0.1) is 6.61 Å². The third-order valence-corrected chi connectivity index (χ3v) is 1.81. The minimum atomic E-state index is -4.93. The van der Waals surface area contributed by atoms with Gasteiger partial charge in [0, 0.05) is 6.42 Å². The van der Waals surface area contributed by atoms with E-state index >= 15 is 0 Å². The fraction of sp³-hybridized carbons (Fsp3) is 0.600. The molecule has 0 heterocycles. The zero-order chi connectivity index (χ0) is 13.6. The maximum Gasteiger partial charge on any atom is 0.431 e. The maximum absolute atomic E-state index is 12.4. The number of esters is 1. The molecule has 0 aliphatic carbocycles. The van der Waals surface area contributed by atoms with Crippen LogP contribution in [-0.2, 0) is 14.3 Å². The van der Waals surface area contributed by atoms with E-state index in [-0.39, 0.29) is 13.0 Å². The third-order valence-electron chi connectivity index (χ3n) is 1.81. The number of Topliss-reactive ketones (excluding diaryl/α,β-unsaturated/α-hetero) is 1. The normalized spacial score (nSPS) is 13.0. The highest BCUT2D eigenvalue weighted by atomic mass is 19.4. The van der Waals surface area contributed by atoms with Crippen LogP contribution in [0.1, 0.15) is 26.7 Å². The lowest BCUT2D eigenvalue weighted by Crippen LogP contribution is -2.29. The van der Waals surface area contributed by atoms with Crippen LogP contribution in [-0.4, -0.2) is 24.5 Å². The lowest BCUT2D eigenvalue weighted by Gasteiger charge is -2.12. The van der Waals surface area contributed by atoms with Crippen LogP contribution >= 0.6 is 0 Å². The van der Waals surface area contributed by atoms with Crippen LogP contribution in [0.4, 0.5) is 13.2 Å². The first-order chi connectivity index (χ1) is 7.75. The lowest BCUT2D eigenvalue weighted by atomic mass is 10.0. The molecular formula is C10H14F3NO3. The topological polar surface area (TPSA) is 69.4 Å². The molecule has 0 bridgehead atoms. The van der Waals surface area contributed by atoms with Gasteiger partial charge in [-0.1, -0.05) is 6.92 Å². The molecule has 0 aromatic rings. The monoisotopic (exact) mass is 253 g/mol. The SMILES string of the molecule is CCCC(=O)C(C(=O)OCC)=C(N)C(F)(F)F. The molecule has 17 heavy (non-hydrogen) atoms. The summed E-state index contributed by atoms with van der Waals surface area (Å²) in [6, 6.07) is 0. The number of allylic oxidation sites excluding steroid dienone is 1. The predicted molar refractivity (Wildman–Crippen MR) is 53.8 cm³/mol. The number of ether oxygens (including phenoxy) is 1. The van der Waals surface area contributed by atoms with E-state index in [0.717, 1.165) is 0 Å². The number of carbonyl (C=O) groups excluding carboxylic acids is 2. The Morgan fingerprint density at radius 1 is 1.24 bits per heavy atom. The number of hydrogen-bond acceptors (Lipinski definition) is 4. The molecule has 0 aliphatic heterocycles. The fourth-order valence-electron chi connectivity index (χ4n) is 1.07. The van der Waals surface area contributed by atoms with Crippen LogP contribution < -0.4 is 5.73 Å². The second-order valence-corrected chi connectivity index (χ2v) is 3.18. The van der Waals surface area contributed by atoms with Gasteiger partial charge >= 0.3 is 12.1 Å². The van der Waals surface area contributed by atoms with Crippen LogP contribution in [0.2, 0.25) is 0 Å². The quantitative estimate of drug-likeness (QED) is 0.350. The summed E-state index contributed by atoms with van der Waals surface area (Å²) in [4.78, 5) is 22.7. The highest BCUT2D eigenvalue weighted by Gasteiger charge is 2.38. The highest BCUT2D eigenvalue weighted by molar-refractivity contribution is 6.17. The molecule has 7 heteroatoms. The molecule has 0 saturated carbocycles. The van der Waals surface area contributed by atoms with Crippen molar-refractivity contribution in [2.45, 2.75) is 32.9 Å². The molecule has 0 radical (unpaired) electrons. The van der Waals surface area contributed by atoms with E-state index in [4.69, 9.17) is 5.73 Å². The Bertz CT molecular complexity index is 314. The highest BCUT2D eigenvalue weighted by Crippen LogP contribution is 2.25. The minimum Gasteiger partial charge on any atom is -0.462 e. The van der Waals surface area contributed by atoms with E-state index < -0.39 is 29.2 Å². The molecule has 0 aliphatic rings. The van der Waals surface area contributed by atoms with Crippen molar-refractivity contribution in [2.75, 3.05) is 6.61 Å². The molecule has 0 saturated heterocycles. The van der Waals surface area contributed by atoms with Gasteiger partial charge in [-0.25, -0.2) is 4.79 Å². The van der Waals surface area contributed by atoms with Gasteiger partial charge in [-0.3, -0.25) is 4.79 Å². The van der Waals surface area contributed by atoms with E-state index in [0.29, 0.717) is 6.42 Å². The lowest BCUT2D eigenvalue weighted by molar-refractivity contribution is -0.141. The van der Waals surface area contributed by atoms with Crippen LogP contribution in [0.3, 0.4) is 0 Å². The van der Waals surface area contributed by atoms with Gasteiger partial charge in [0.2, 0.25) is 0 Å². The number of halogens is 3. The summed E-state index contributed by atoms with van der Waals surface area (Å²) >= 11 is 0. The molecule has 0 fully saturated rings.